The molecule has 0 saturated heterocycles. The highest BCUT2D eigenvalue weighted by atomic mass is 14.4. The molecule has 2 atom stereocenters. The number of allylic oxidation sites excluding steroid dienone is 3. The van der Waals surface area contributed by atoms with E-state index in [1.165, 1.54) is 38.4 Å². The maximum atomic E-state index is 3.98. The molecule has 0 nitrogen and oxygen atoms in total. The summed E-state index contributed by atoms with van der Waals surface area (Å²) in [6, 6.07) is 0. The van der Waals surface area contributed by atoms with Crippen LogP contribution in [0.1, 0.15) is 39.0 Å². The highest BCUT2D eigenvalue weighted by Crippen LogP contribution is 2.45. The minimum atomic E-state index is 0.438. The van der Waals surface area contributed by atoms with E-state index >= 15 is 0 Å². The fourth-order valence-corrected chi connectivity index (χ4v) is 3.28. The zero-order valence-corrected chi connectivity index (χ0v) is 10.3. The molecule has 0 N–H and O–H groups in total. The van der Waals surface area contributed by atoms with Gasteiger partial charge in [0.25, 0.3) is 0 Å². The van der Waals surface area contributed by atoms with E-state index in [0.717, 1.165) is 12.6 Å². The van der Waals surface area contributed by atoms with E-state index in [2.05, 4.69) is 32.5 Å². The topological polar surface area (TPSA) is 0 Å². The van der Waals surface area contributed by atoms with Gasteiger partial charge in [0, 0.05) is 0 Å². The van der Waals surface area contributed by atoms with Crippen molar-refractivity contribution >= 4 is 6.71 Å². The summed E-state index contributed by atoms with van der Waals surface area (Å²) in [5.74, 6) is 0.930. The van der Waals surface area contributed by atoms with Crippen LogP contribution in [0, 0.1) is 11.3 Å². The average molecular weight is 202 g/mol. The highest BCUT2D eigenvalue weighted by Gasteiger charge is 2.33. The van der Waals surface area contributed by atoms with Gasteiger partial charge in [-0.15, -0.1) is 12.1 Å². The monoisotopic (exact) mass is 202 g/mol. The summed E-state index contributed by atoms with van der Waals surface area (Å²) in [7, 11) is 0. The maximum Gasteiger partial charge on any atom is 0.167 e. The third-order valence-corrected chi connectivity index (χ3v) is 4.54. The van der Waals surface area contributed by atoms with Gasteiger partial charge < -0.3 is 0 Å². The van der Waals surface area contributed by atoms with Gasteiger partial charge in [-0.1, -0.05) is 32.2 Å². The van der Waals surface area contributed by atoms with Gasteiger partial charge in [0.1, 0.15) is 0 Å². The van der Waals surface area contributed by atoms with Crippen molar-refractivity contribution in [1.82, 2.24) is 0 Å². The fourth-order valence-electron chi connectivity index (χ4n) is 3.28. The average Bonchev–Trinajstić information content (AvgIpc) is 2.77. The van der Waals surface area contributed by atoms with Crippen LogP contribution in [-0.2, 0) is 0 Å². The molecule has 1 fully saturated rings. The molecule has 0 spiro atoms. The van der Waals surface area contributed by atoms with Crippen molar-refractivity contribution in [3.8, 4) is 0 Å². The van der Waals surface area contributed by atoms with E-state index in [0.29, 0.717) is 5.41 Å². The van der Waals surface area contributed by atoms with Gasteiger partial charge >= 0.3 is 0 Å². The van der Waals surface area contributed by atoms with Crippen LogP contribution in [0.2, 0.25) is 13.1 Å². The van der Waals surface area contributed by atoms with Gasteiger partial charge in [-0.25, -0.2) is 0 Å². The standard InChI is InChI=1S/C14H23B/c1-4-14(2)8-7-12(11-14)10-13-6-5-9-15(13)3/h4,6,12H,1,5,7-11H2,2-3H3. The summed E-state index contributed by atoms with van der Waals surface area (Å²) in [4.78, 5) is 0. The second-order valence-electron chi connectivity index (χ2n) is 5.93. The quantitative estimate of drug-likeness (QED) is 0.471. The van der Waals surface area contributed by atoms with Gasteiger partial charge in [-0.05, 0) is 43.4 Å². The van der Waals surface area contributed by atoms with Crippen LogP contribution < -0.4 is 0 Å². The number of hydrogen-bond acceptors (Lipinski definition) is 0. The normalized spacial score (nSPS) is 35.7. The van der Waals surface area contributed by atoms with Gasteiger partial charge in [-0.3, -0.25) is 0 Å². The summed E-state index contributed by atoms with van der Waals surface area (Å²) in [6.07, 6.45) is 12.9. The molecular formula is C14H23B. The molecule has 0 aromatic heterocycles. The Bertz CT molecular complexity index is 279. The molecule has 82 valence electrons. The van der Waals surface area contributed by atoms with Crippen molar-refractivity contribution in [2.24, 2.45) is 11.3 Å². The molecule has 1 heteroatoms. The zero-order chi connectivity index (χ0) is 10.9. The minimum absolute atomic E-state index is 0.438. The number of hydrogen-bond donors (Lipinski definition) is 0. The smallest absolute Gasteiger partial charge is 0.105 e. The number of rotatable bonds is 3. The lowest BCUT2D eigenvalue weighted by Crippen LogP contribution is -2.11. The highest BCUT2D eigenvalue weighted by molar-refractivity contribution is 6.66. The first kappa shape index (κ1) is 11.0. The van der Waals surface area contributed by atoms with E-state index in [1.54, 1.807) is 5.47 Å². The lowest BCUT2D eigenvalue weighted by atomic mass is 9.46. The lowest BCUT2D eigenvalue weighted by molar-refractivity contribution is 0.416. The second-order valence-corrected chi connectivity index (χ2v) is 5.93. The molecular weight excluding hydrogens is 179 g/mol. The molecule has 2 aliphatic rings. The SMILES string of the molecule is C=CC1(C)CCC(CC2=CCCB2C)C1. The van der Waals surface area contributed by atoms with Crippen molar-refractivity contribution in [3.05, 3.63) is 24.2 Å². The third kappa shape index (κ3) is 2.38. The minimum Gasteiger partial charge on any atom is -0.105 e. The molecule has 1 aliphatic carbocycles. The largest absolute Gasteiger partial charge is 0.167 e. The van der Waals surface area contributed by atoms with Gasteiger partial charge in [-0.2, -0.15) is 0 Å². The van der Waals surface area contributed by atoms with Crippen LogP contribution >= 0.6 is 0 Å². The van der Waals surface area contributed by atoms with E-state index in [9.17, 15) is 0 Å². The van der Waals surface area contributed by atoms with E-state index < -0.39 is 0 Å². The summed E-state index contributed by atoms with van der Waals surface area (Å²) in [5.41, 5.74) is 2.18. The van der Waals surface area contributed by atoms with Gasteiger partial charge in [0.2, 0.25) is 0 Å². The Morgan fingerprint density at radius 1 is 1.67 bits per heavy atom. The molecule has 2 rings (SSSR count). The fraction of sp³-hybridized carbons (Fsp3) is 0.714. The predicted molar refractivity (Wildman–Crippen MR) is 69.4 cm³/mol. The maximum absolute atomic E-state index is 3.98. The summed E-state index contributed by atoms with van der Waals surface area (Å²) >= 11 is 0. The van der Waals surface area contributed by atoms with Crippen LogP contribution in [0.5, 0.6) is 0 Å². The van der Waals surface area contributed by atoms with Crippen LogP contribution in [0.25, 0.3) is 0 Å². The van der Waals surface area contributed by atoms with Gasteiger partial charge in [0.05, 0.1) is 0 Å². The molecule has 1 aliphatic heterocycles. The third-order valence-electron chi connectivity index (χ3n) is 4.54. The van der Waals surface area contributed by atoms with E-state index in [4.69, 9.17) is 0 Å². The molecule has 0 aromatic carbocycles. The molecule has 0 bridgehead atoms. The van der Waals surface area contributed by atoms with Crippen molar-refractivity contribution in [2.45, 2.75) is 52.2 Å². The first-order chi connectivity index (χ1) is 7.13. The Kier molecular flexibility index (Phi) is 3.09. The first-order valence-corrected chi connectivity index (χ1v) is 6.45. The molecule has 0 amide bonds. The van der Waals surface area contributed by atoms with Crippen LogP contribution in [0.15, 0.2) is 24.2 Å². The summed E-state index contributed by atoms with van der Waals surface area (Å²) in [6.45, 7) is 9.60. The van der Waals surface area contributed by atoms with Crippen LogP contribution in [-0.4, -0.2) is 6.71 Å². The molecule has 1 saturated carbocycles. The summed E-state index contributed by atoms with van der Waals surface area (Å²) in [5, 5.41) is 0. The van der Waals surface area contributed by atoms with Crippen molar-refractivity contribution < 1.29 is 0 Å². The van der Waals surface area contributed by atoms with Crippen molar-refractivity contribution in [1.29, 1.82) is 0 Å². The lowest BCUT2D eigenvalue weighted by Gasteiger charge is -2.19. The van der Waals surface area contributed by atoms with Gasteiger partial charge in [0.15, 0.2) is 6.71 Å². The molecule has 0 radical (unpaired) electrons. The van der Waals surface area contributed by atoms with Crippen molar-refractivity contribution in [2.75, 3.05) is 0 Å². The molecule has 2 unspecified atom stereocenters. The first-order valence-electron chi connectivity index (χ1n) is 6.45. The Balaban J connectivity index is 1.90. The van der Waals surface area contributed by atoms with E-state index in [-0.39, 0.29) is 0 Å². The molecule has 15 heavy (non-hydrogen) atoms. The Hall–Kier alpha value is -0.455. The predicted octanol–water partition coefficient (Wildman–Crippen LogP) is 4.36. The van der Waals surface area contributed by atoms with Crippen LogP contribution in [0.4, 0.5) is 0 Å². The Morgan fingerprint density at radius 2 is 2.47 bits per heavy atom. The Morgan fingerprint density at radius 3 is 3.00 bits per heavy atom. The van der Waals surface area contributed by atoms with Crippen LogP contribution in [0.3, 0.4) is 0 Å². The molecule has 0 aromatic rings. The van der Waals surface area contributed by atoms with E-state index in [1.807, 2.05) is 0 Å². The summed E-state index contributed by atoms with van der Waals surface area (Å²) < 4.78 is 0. The van der Waals surface area contributed by atoms with Crippen molar-refractivity contribution in [3.63, 3.8) is 0 Å². The Labute approximate surface area is 94.9 Å². The second kappa shape index (κ2) is 4.19. The molecule has 1 heterocycles. The zero-order valence-electron chi connectivity index (χ0n) is 10.3.